The van der Waals surface area contributed by atoms with E-state index in [9.17, 15) is 0 Å². The maximum atomic E-state index is 5.98. The van der Waals surface area contributed by atoms with E-state index in [1.807, 2.05) is 0 Å². The summed E-state index contributed by atoms with van der Waals surface area (Å²) in [6.07, 6.45) is 3.73. The summed E-state index contributed by atoms with van der Waals surface area (Å²) in [6.45, 7) is 0.675. The summed E-state index contributed by atoms with van der Waals surface area (Å²) in [5.41, 5.74) is 6.15. The van der Waals surface area contributed by atoms with Gasteiger partial charge in [0.2, 0.25) is 0 Å². The van der Waals surface area contributed by atoms with Gasteiger partial charge in [0, 0.05) is 5.69 Å². The molecular weight excluding hydrogens is 233 g/mol. The minimum Gasteiger partial charge on any atom is -0.490 e. The molecule has 82 valence electrons. The quantitative estimate of drug-likeness (QED) is 0.821. The molecule has 1 fully saturated rings. The number of nitrogen functional groups attached to an aromatic ring is 1. The zero-order chi connectivity index (χ0) is 10.8. The number of ether oxygens (including phenoxy) is 1. The maximum Gasteiger partial charge on any atom is 0.156 e. The summed E-state index contributed by atoms with van der Waals surface area (Å²) < 4.78 is 5.55. The maximum absolute atomic E-state index is 5.98. The highest BCUT2D eigenvalue weighted by atomic mass is 35.5. The molecule has 1 aliphatic carbocycles. The largest absolute Gasteiger partial charge is 0.490 e. The van der Waals surface area contributed by atoms with Crippen LogP contribution in [0.1, 0.15) is 19.3 Å². The molecule has 0 aromatic heterocycles. The Morgan fingerprint density at radius 1 is 1.27 bits per heavy atom. The standard InChI is InChI=1S/C11H13Cl2NO/c12-9-5-8(14)6-10(13)11(9)15-4-3-7-1-2-7/h5-7H,1-4,14H2. The molecule has 0 bridgehead atoms. The Kier molecular flexibility index (Phi) is 3.27. The topological polar surface area (TPSA) is 35.2 Å². The van der Waals surface area contributed by atoms with Crippen LogP contribution in [0.2, 0.25) is 10.0 Å². The Labute approximate surface area is 99.3 Å². The second kappa shape index (κ2) is 4.50. The lowest BCUT2D eigenvalue weighted by molar-refractivity contribution is 0.303. The number of rotatable bonds is 4. The van der Waals surface area contributed by atoms with Crippen molar-refractivity contribution in [2.75, 3.05) is 12.3 Å². The van der Waals surface area contributed by atoms with E-state index in [1.165, 1.54) is 12.8 Å². The van der Waals surface area contributed by atoms with Crippen molar-refractivity contribution in [1.29, 1.82) is 0 Å². The molecule has 0 aliphatic heterocycles. The number of benzene rings is 1. The van der Waals surface area contributed by atoms with Crippen molar-refractivity contribution in [3.8, 4) is 5.75 Å². The molecule has 0 spiro atoms. The Bertz CT molecular complexity index is 341. The zero-order valence-electron chi connectivity index (χ0n) is 8.30. The van der Waals surface area contributed by atoms with Crippen molar-refractivity contribution < 1.29 is 4.74 Å². The number of nitrogens with two attached hydrogens (primary N) is 1. The molecule has 0 amide bonds. The molecule has 2 nitrogen and oxygen atoms in total. The number of anilines is 1. The van der Waals surface area contributed by atoms with Crippen LogP contribution in [0.4, 0.5) is 5.69 Å². The van der Waals surface area contributed by atoms with Crippen LogP contribution in [0.3, 0.4) is 0 Å². The van der Waals surface area contributed by atoms with E-state index < -0.39 is 0 Å². The molecule has 1 aromatic carbocycles. The van der Waals surface area contributed by atoms with Gasteiger partial charge >= 0.3 is 0 Å². The van der Waals surface area contributed by atoms with E-state index >= 15 is 0 Å². The minimum atomic E-state index is 0.482. The van der Waals surface area contributed by atoms with Crippen molar-refractivity contribution in [3.05, 3.63) is 22.2 Å². The normalized spacial score (nSPS) is 15.3. The predicted molar refractivity (Wildman–Crippen MR) is 63.7 cm³/mol. The third kappa shape index (κ3) is 2.93. The predicted octanol–water partition coefficient (Wildman–Crippen LogP) is 3.75. The van der Waals surface area contributed by atoms with E-state index in [4.69, 9.17) is 33.7 Å². The third-order valence-corrected chi connectivity index (χ3v) is 3.05. The molecule has 0 radical (unpaired) electrons. The van der Waals surface area contributed by atoms with E-state index in [1.54, 1.807) is 12.1 Å². The lowest BCUT2D eigenvalue weighted by Crippen LogP contribution is -2.00. The smallest absolute Gasteiger partial charge is 0.156 e. The van der Waals surface area contributed by atoms with Gasteiger partial charge in [-0.05, 0) is 24.5 Å². The van der Waals surface area contributed by atoms with Crippen molar-refractivity contribution in [2.45, 2.75) is 19.3 Å². The second-order valence-electron chi connectivity index (χ2n) is 3.89. The highest BCUT2D eigenvalue weighted by molar-refractivity contribution is 6.37. The Morgan fingerprint density at radius 3 is 2.40 bits per heavy atom. The van der Waals surface area contributed by atoms with Crippen molar-refractivity contribution in [2.24, 2.45) is 5.92 Å². The van der Waals surface area contributed by atoms with Crippen LogP contribution >= 0.6 is 23.2 Å². The van der Waals surface area contributed by atoms with Gasteiger partial charge in [-0.25, -0.2) is 0 Å². The molecule has 0 unspecified atom stereocenters. The van der Waals surface area contributed by atoms with Crippen molar-refractivity contribution >= 4 is 28.9 Å². The van der Waals surface area contributed by atoms with Gasteiger partial charge in [-0.2, -0.15) is 0 Å². The summed E-state index contributed by atoms with van der Waals surface area (Å²) in [7, 11) is 0. The summed E-state index contributed by atoms with van der Waals surface area (Å²) in [5, 5.41) is 0.964. The van der Waals surface area contributed by atoms with Gasteiger partial charge in [0.1, 0.15) is 0 Å². The van der Waals surface area contributed by atoms with Crippen LogP contribution in [0, 0.1) is 5.92 Å². The fourth-order valence-corrected chi connectivity index (χ4v) is 2.06. The summed E-state index contributed by atoms with van der Waals surface area (Å²) in [5.74, 6) is 1.39. The first-order valence-corrected chi connectivity index (χ1v) is 5.79. The average molecular weight is 246 g/mol. The molecular formula is C11H13Cl2NO. The van der Waals surface area contributed by atoms with Gasteiger partial charge in [0.15, 0.2) is 5.75 Å². The van der Waals surface area contributed by atoms with Crippen LogP contribution in [-0.4, -0.2) is 6.61 Å². The average Bonchev–Trinajstić information content (AvgIpc) is 2.93. The lowest BCUT2D eigenvalue weighted by atomic mass is 10.3. The monoisotopic (exact) mass is 245 g/mol. The van der Waals surface area contributed by atoms with Crippen molar-refractivity contribution in [1.82, 2.24) is 0 Å². The van der Waals surface area contributed by atoms with Crippen molar-refractivity contribution in [3.63, 3.8) is 0 Å². The van der Waals surface area contributed by atoms with Crippen LogP contribution in [-0.2, 0) is 0 Å². The third-order valence-electron chi connectivity index (χ3n) is 2.49. The molecule has 0 saturated heterocycles. The second-order valence-corrected chi connectivity index (χ2v) is 4.71. The highest BCUT2D eigenvalue weighted by Gasteiger charge is 2.21. The van der Waals surface area contributed by atoms with E-state index in [2.05, 4.69) is 0 Å². The SMILES string of the molecule is Nc1cc(Cl)c(OCCC2CC2)c(Cl)c1. The summed E-state index contributed by atoms with van der Waals surface area (Å²) >= 11 is 12.0. The first-order valence-electron chi connectivity index (χ1n) is 5.04. The molecule has 0 atom stereocenters. The summed E-state index contributed by atoms with van der Waals surface area (Å²) in [4.78, 5) is 0. The highest BCUT2D eigenvalue weighted by Crippen LogP contribution is 2.36. The molecule has 2 N–H and O–H groups in total. The summed E-state index contributed by atoms with van der Waals surface area (Å²) in [6, 6.07) is 3.31. The molecule has 1 aliphatic rings. The van der Waals surface area contributed by atoms with E-state index in [0.29, 0.717) is 28.1 Å². The van der Waals surface area contributed by atoms with E-state index in [-0.39, 0.29) is 0 Å². The first kappa shape index (κ1) is 10.9. The van der Waals surface area contributed by atoms with Gasteiger partial charge in [0.25, 0.3) is 0 Å². The zero-order valence-corrected chi connectivity index (χ0v) is 9.81. The number of halogens is 2. The molecule has 2 rings (SSSR count). The number of hydrogen-bond donors (Lipinski definition) is 1. The van der Waals surface area contributed by atoms with Gasteiger partial charge in [-0.15, -0.1) is 0 Å². The Morgan fingerprint density at radius 2 is 1.87 bits per heavy atom. The van der Waals surface area contributed by atoms with Gasteiger partial charge in [0.05, 0.1) is 16.7 Å². The van der Waals surface area contributed by atoms with Gasteiger partial charge in [-0.1, -0.05) is 36.0 Å². The first-order chi connectivity index (χ1) is 7.16. The van der Waals surface area contributed by atoms with Crippen LogP contribution < -0.4 is 10.5 Å². The van der Waals surface area contributed by atoms with Crippen LogP contribution in [0.5, 0.6) is 5.75 Å². The van der Waals surface area contributed by atoms with E-state index in [0.717, 1.165) is 12.3 Å². The Hall–Kier alpha value is -0.600. The minimum absolute atomic E-state index is 0.482. The lowest BCUT2D eigenvalue weighted by Gasteiger charge is -2.10. The molecule has 4 heteroatoms. The fourth-order valence-electron chi connectivity index (χ4n) is 1.45. The molecule has 1 saturated carbocycles. The van der Waals surface area contributed by atoms with Crippen LogP contribution in [0.25, 0.3) is 0 Å². The molecule has 0 heterocycles. The molecule has 1 aromatic rings. The number of hydrogen-bond acceptors (Lipinski definition) is 2. The molecule has 15 heavy (non-hydrogen) atoms. The Balaban J connectivity index is 1.99. The van der Waals surface area contributed by atoms with Gasteiger partial charge in [-0.3, -0.25) is 0 Å². The van der Waals surface area contributed by atoms with Crippen LogP contribution in [0.15, 0.2) is 12.1 Å². The van der Waals surface area contributed by atoms with Gasteiger partial charge < -0.3 is 10.5 Å². The fraction of sp³-hybridized carbons (Fsp3) is 0.455.